The molecule has 0 aliphatic carbocycles. The molecule has 1 amide bonds. The zero-order valence-corrected chi connectivity index (χ0v) is 13.0. The first-order valence-corrected chi connectivity index (χ1v) is 7.37. The van der Waals surface area contributed by atoms with Crippen molar-refractivity contribution in [2.45, 2.75) is 24.3 Å². The fraction of sp³-hybridized carbons (Fsp3) is 0.231. The predicted octanol–water partition coefficient (Wildman–Crippen LogP) is 2.25. The van der Waals surface area contributed by atoms with E-state index in [4.69, 9.17) is 11.6 Å². The van der Waals surface area contributed by atoms with Crippen molar-refractivity contribution in [2.75, 3.05) is 5.32 Å². The van der Waals surface area contributed by atoms with Gasteiger partial charge < -0.3 is 5.32 Å². The molecule has 2 rings (SSSR count). The molecule has 6 nitrogen and oxygen atoms in total. The number of aromatic nitrogens is 3. The van der Waals surface area contributed by atoms with Crippen LogP contribution in [0.2, 0.25) is 5.02 Å². The number of thioether (sulfide) groups is 1. The number of nitrogens with zero attached hydrogens (tertiary/aromatic N) is 2. The van der Waals surface area contributed by atoms with Crippen molar-refractivity contribution in [1.29, 1.82) is 0 Å². The van der Waals surface area contributed by atoms with Crippen LogP contribution in [0.4, 0.5) is 5.69 Å². The van der Waals surface area contributed by atoms with Crippen molar-refractivity contribution in [3.8, 4) is 0 Å². The molecule has 21 heavy (non-hydrogen) atoms. The van der Waals surface area contributed by atoms with Gasteiger partial charge in [0.25, 0.3) is 5.56 Å². The van der Waals surface area contributed by atoms with Crippen LogP contribution in [-0.4, -0.2) is 26.3 Å². The van der Waals surface area contributed by atoms with E-state index in [2.05, 4.69) is 20.5 Å². The number of carbonyl (C=O) groups is 1. The smallest absolute Gasteiger partial charge is 0.270 e. The quantitative estimate of drug-likeness (QED) is 0.842. The largest absolute Gasteiger partial charge is 0.325 e. The number of benzene rings is 1. The summed E-state index contributed by atoms with van der Waals surface area (Å²) in [6.45, 7) is 3.59. The summed E-state index contributed by atoms with van der Waals surface area (Å²) in [4.78, 5) is 25.8. The highest BCUT2D eigenvalue weighted by atomic mass is 35.5. The number of aromatic amines is 1. The second-order valence-electron chi connectivity index (χ2n) is 4.35. The van der Waals surface area contributed by atoms with E-state index in [0.29, 0.717) is 15.9 Å². The number of amides is 1. The molecule has 1 heterocycles. The van der Waals surface area contributed by atoms with Gasteiger partial charge in [-0.05, 0) is 31.5 Å². The molecule has 0 aliphatic heterocycles. The Morgan fingerprint density at radius 1 is 1.48 bits per heavy atom. The van der Waals surface area contributed by atoms with Crippen molar-refractivity contribution in [3.63, 3.8) is 0 Å². The van der Waals surface area contributed by atoms with E-state index in [9.17, 15) is 9.59 Å². The van der Waals surface area contributed by atoms with Gasteiger partial charge in [-0.25, -0.2) is 0 Å². The van der Waals surface area contributed by atoms with Crippen LogP contribution in [0.25, 0.3) is 0 Å². The van der Waals surface area contributed by atoms with Crippen LogP contribution in [0.3, 0.4) is 0 Å². The van der Waals surface area contributed by atoms with Gasteiger partial charge in [0.2, 0.25) is 5.91 Å². The van der Waals surface area contributed by atoms with E-state index in [0.717, 1.165) is 23.5 Å². The first kappa shape index (κ1) is 15.5. The van der Waals surface area contributed by atoms with Gasteiger partial charge in [0.1, 0.15) is 6.20 Å². The van der Waals surface area contributed by atoms with Gasteiger partial charge in [-0.15, -0.1) is 5.10 Å². The number of hydrogen-bond donors (Lipinski definition) is 2. The first-order valence-electron chi connectivity index (χ1n) is 6.11. The van der Waals surface area contributed by atoms with Crippen molar-refractivity contribution < 1.29 is 4.79 Å². The molecule has 110 valence electrons. The summed E-state index contributed by atoms with van der Waals surface area (Å²) in [5, 5.41) is 10.5. The summed E-state index contributed by atoms with van der Waals surface area (Å²) in [5.74, 6) is -0.211. The summed E-state index contributed by atoms with van der Waals surface area (Å²) < 4.78 is 0. The van der Waals surface area contributed by atoms with Crippen molar-refractivity contribution in [1.82, 2.24) is 15.2 Å². The van der Waals surface area contributed by atoms with E-state index < -0.39 is 5.25 Å². The van der Waals surface area contributed by atoms with E-state index in [1.54, 1.807) is 19.1 Å². The third-order valence-corrected chi connectivity index (χ3v) is 3.88. The number of rotatable bonds is 4. The fourth-order valence-electron chi connectivity index (χ4n) is 1.53. The van der Waals surface area contributed by atoms with Gasteiger partial charge >= 0.3 is 0 Å². The van der Waals surface area contributed by atoms with Crippen LogP contribution >= 0.6 is 23.4 Å². The summed E-state index contributed by atoms with van der Waals surface area (Å²) in [7, 11) is 0. The van der Waals surface area contributed by atoms with Crippen molar-refractivity contribution in [2.24, 2.45) is 0 Å². The molecule has 8 heteroatoms. The van der Waals surface area contributed by atoms with Gasteiger partial charge in [-0.1, -0.05) is 29.4 Å². The van der Waals surface area contributed by atoms with Gasteiger partial charge in [-0.3, -0.25) is 14.6 Å². The Morgan fingerprint density at radius 3 is 2.95 bits per heavy atom. The highest BCUT2D eigenvalue weighted by molar-refractivity contribution is 8.00. The monoisotopic (exact) mass is 324 g/mol. The predicted molar refractivity (Wildman–Crippen MR) is 82.8 cm³/mol. The van der Waals surface area contributed by atoms with E-state index in [1.165, 1.54) is 0 Å². The maximum Gasteiger partial charge on any atom is 0.270 e. The lowest BCUT2D eigenvalue weighted by molar-refractivity contribution is -0.115. The molecule has 0 unspecified atom stereocenters. The molecule has 0 fully saturated rings. The minimum Gasteiger partial charge on any atom is -0.325 e. The normalized spacial score (nSPS) is 12.0. The lowest BCUT2D eigenvalue weighted by Gasteiger charge is -2.13. The Bertz CT molecular complexity index is 719. The van der Waals surface area contributed by atoms with Crippen LogP contribution in [-0.2, 0) is 4.79 Å². The zero-order chi connectivity index (χ0) is 15.4. The van der Waals surface area contributed by atoms with Crippen LogP contribution in [0.15, 0.2) is 34.3 Å². The lowest BCUT2D eigenvalue weighted by atomic mass is 10.2. The third kappa shape index (κ3) is 4.30. The number of hydrogen-bond acceptors (Lipinski definition) is 5. The number of halogens is 1. The summed E-state index contributed by atoms with van der Waals surface area (Å²) >= 11 is 7.03. The molecule has 2 N–H and O–H groups in total. The topological polar surface area (TPSA) is 87.7 Å². The second-order valence-corrected chi connectivity index (χ2v) is 6.11. The highest BCUT2D eigenvalue weighted by Crippen LogP contribution is 2.23. The Morgan fingerprint density at radius 2 is 2.24 bits per heavy atom. The van der Waals surface area contributed by atoms with Gasteiger partial charge in [0.15, 0.2) is 5.16 Å². The maximum atomic E-state index is 12.2. The standard InChI is InChI=1S/C13H13ClN4O2S/c1-7-3-4-9(14)5-10(7)16-12(20)8(2)21-13-17-11(19)6-15-18-13/h3-6,8H,1-2H3,(H,16,20)(H,17,18,19)/t8-/m0/s1. The van der Waals surface area contributed by atoms with Crippen molar-refractivity contribution >= 4 is 35.0 Å². The highest BCUT2D eigenvalue weighted by Gasteiger charge is 2.17. The number of H-pyrrole nitrogens is 1. The Balaban J connectivity index is 2.06. The molecule has 0 aliphatic rings. The second kappa shape index (κ2) is 6.73. The van der Waals surface area contributed by atoms with Gasteiger partial charge in [0.05, 0.1) is 5.25 Å². The lowest BCUT2D eigenvalue weighted by Crippen LogP contribution is -2.23. The number of anilines is 1. The minimum absolute atomic E-state index is 0.211. The average molecular weight is 325 g/mol. The Labute approximate surface area is 130 Å². The Kier molecular flexibility index (Phi) is 4.98. The van der Waals surface area contributed by atoms with E-state index >= 15 is 0 Å². The molecular formula is C13H13ClN4O2S. The number of nitrogens with one attached hydrogen (secondary N) is 2. The minimum atomic E-state index is -0.448. The molecule has 0 saturated heterocycles. The van der Waals surface area contributed by atoms with Crippen LogP contribution in [0, 0.1) is 6.92 Å². The molecule has 0 saturated carbocycles. The molecule has 1 aromatic carbocycles. The summed E-state index contributed by atoms with van der Waals surface area (Å²) in [6.07, 6.45) is 1.07. The van der Waals surface area contributed by atoms with Crippen LogP contribution < -0.4 is 10.9 Å². The zero-order valence-electron chi connectivity index (χ0n) is 11.4. The average Bonchev–Trinajstić information content (AvgIpc) is 2.43. The molecule has 1 aromatic heterocycles. The van der Waals surface area contributed by atoms with Gasteiger partial charge in [-0.2, -0.15) is 5.10 Å². The molecule has 0 spiro atoms. The number of aryl methyl sites for hydroxylation is 1. The van der Waals surface area contributed by atoms with E-state index in [-0.39, 0.29) is 11.5 Å². The molecule has 2 aromatic rings. The van der Waals surface area contributed by atoms with Crippen LogP contribution in [0.1, 0.15) is 12.5 Å². The first-order chi connectivity index (χ1) is 9.95. The van der Waals surface area contributed by atoms with Crippen LogP contribution in [0.5, 0.6) is 0 Å². The Hall–Kier alpha value is -1.86. The molecule has 0 radical (unpaired) electrons. The molecular weight excluding hydrogens is 312 g/mol. The molecule has 0 bridgehead atoms. The molecule has 1 atom stereocenters. The van der Waals surface area contributed by atoms with Crippen molar-refractivity contribution in [3.05, 3.63) is 45.3 Å². The maximum absolute atomic E-state index is 12.2. The van der Waals surface area contributed by atoms with E-state index in [1.807, 2.05) is 13.0 Å². The summed E-state index contributed by atoms with van der Waals surface area (Å²) in [6, 6.07) is 5.28. The van der Waals surface area contributed by atoms with Gasteiger partial charge in [0, 0.05) is 10.7 Å². The SMILES string of the molecule is Cc1ccc(Cl)cc1NC(=O)[C@H](C)Sc1nncc(=O)[nH]1. The third-order valence-electron chi connectivity index (χ3n) is 2.67. The summed E-state index contributed by atoms with van der Waals surface area (Å²) in [5.41, 5.74) is 1.22. The number of carbonyl (C=O) groups excluding carboxylic acids is 1. The fourth-order valence-corrected chi connectivity index (χ4v) is 2.46.